The molecule has 0 fully saturated rings. The van der Waals surface area contributed by atoms with E-state index in [0.29, 0.717) is 17.3 Å². The summed E-state index contributed by atoms with van der Waals surface area (Å²) in [4.78, 5) is 12.1. The zero-order valence-corrected chi connectivity index (χ0v) is 9.45. The third kappa shape index (κ3) is 1.82. The average Bonchev–Trinajstić information content (AvgIpc) is 2.42. The number of nitrogens with zero attached hydrogens (tertiary/aromatic N) is 3. The van der Waals surface area contributed by atoms with Crippen molar-refractivity contribution in [2.75, 3.05) is 5.73 Å². The maximum Gasteiger partial charge on any atom is 0.245 e. The number of rotatable bonds is 2. The number of fused-ring (bicyclic) bond motifs is 1. The molecule has 0 saturated heterocycles. The van der Waals surface area contributed by atoms with Gasteiger partial charge >= 0.3 is 0 Å². The van der Waals surface area contributed by atoms with Crippen LogP contribution in [0.1, 0.15) is 0 Å². The second-order valence-corrected chi connectivity index (χ2v) is 3.72. The van der Waals surface area contributed by atoms with Gasteiger partial charge in [-0.2, -0.15) is 4.98 Å². The molecule has 0 saturated carbocycles. The van der Waals surface area contributed by atoms with E-state index in [2.05, 4.69) is 15.0 Å². The highest BCUT2D eigenvalue weighted by atomic mass is 16.5. The Morgan fingerprint density at radius 2 is 1.94 bits per heavy atom. The van der Waals surface area contributed by atoms with Crippen LogP contribution in [0.2, 0.25) is 0 Å². The summed E-state index contributed by atoms with van der Waals surface area (Å²) in [7, 11) is 0. The molecule has 0 atom stereocenters. The molecular formula is C13H10N4O. The minimum atomic E-state index is 0.336. The molecule has 5 nitrogen and oxygen atoms in total. The third-order valence-electron chi connectivity index (χ3n) is 2.50. The summed E-state index contributed by atoms with van der Waals surface area (Å²) in [6.07, 6.45) is 4.61. The van der Waals surface area contributed by atoms with Crippen LogP contribution in [0.15, 0.2) is 49.1 Å². The van der Waals surface area contributed by atoms with Crippen LogP contribution in [0, 0.1) is 0 Å². The predicted octanol–water partition coefficient (Wildman–Crippen LogP) is 2.40. The van der Waals surface area contributed by atoms with Crippen LogP contribution >= 0.6 is 0 Å². The molecule has 2 N–H and O–H groups in total. The van der Waals surface area contributed by atoms with Crippen LogP contribution in [0.5, 0.6) is 11.6 Å². The lowest BCUT2D eigenvalue weighted by Crippen LogP contribution is -1.96. The lowest BCUT2D eigenvalue weighted by Gasteiger charge is -2.08. The Balaban J connectivity index is 2.08. The summed E-state index contributed by atoms with van der Waals surface area (Å²) >= 11 is 0. The quantitative estimate of drug-likeness (QED) is 0.742. The zero-order chi connectivity index (χ0) is 12.4. The van der Waals surface area contributed by atoms with Gasteiger partial charge in [0.25, 0.3) is 0 Å². The summed E-state index contributed by atoms with van der Waals surface area (Å²) in [5, 5.41) is 1.00. The van der Waals surface area contributed by atoms with Crippen LogP contribution in [0.25, 0.3) is 10.9 Å². The maximum atomic E-state index is 5.74. The molecule has 0 spiro atoms. The molecule has 0 aliphatic carbocycles. The molecule has 18 heavy (non-hydrogen) atoms. The fraction of sp³-hybridized carbons (Fsp3) is 0. The normalized spacial score (nSPS) is 10.4. The summed E-state index contributed by atoms with van der Waals surface area (Å²) < 4.78 is 5.68. The molecule has 3 rings (SSSR count). The van der Waals surface area contributed by atoms with Crippen molar-refractivity contribution < 1.29 is 4.74 Å². The molecule has 88 valence electrons. The van der Waals surface area contributed by atoms with Crippen molar-refractivity contribution in [2.24, 2.45) is 0 Å². The summed E-state index contributed by atoms with van der Waals surface area (Å²) in [5.74, 6) is 0.960. The van der Waals surface area contributed by atoms with Crippen LogP contribution < -0.4 is 10.5 Å². The first-order valence-electron chi connectivity index (χ1n) is 5.41. The molecule has 0 bridgehead atoms. The maximum absolute atomic E-state index is 5.74. The van der Waals surface area contributed by atoms with Crippen molar-refractivity contribution >= 4 is 16.6 Å². The fourth-order valence-electron chi connectivity index (χ4n) is 1.68. The monoisotopic (exact) mass is 238 g/mol. The number of hydrogen-bond acceptors (Lipinski definition) is 5. The van der Waals surface area contributed by atoms with E-state index < -0.39 is 0 Å². The fourth-order valence-corrected chi connectivity index (χ4v) is 1.68. The molecule has 5 heteroatoms. The first-order valence-corrected chi connectivity index (χ1v) is 5.41. The minimum absolute atomic E-state index is 0.336. The second-order valence-electron chi connectivity index (χ2n) is 3.72. The van der Waals surface area contributed by atoms with Gasteiger partial charge in [0.05, 0.1) is 6.20 Å². The standard InChI is InChI=1S/C13H10N4O/c14-10-7-15-8-17-13(10)18-11-5-1-3-9-4-2-6-16-12(9)11/h1-8H,14H2. The molecule has 0 aliphatic heterocycles. The molecule has 3 aromatic rings. The Morgan fingerprint density at radius 1 is 1.06 bits per heavy atom. The Hall–Kier alpha value is -2.69. The number of nitrogens with two attached hydrogens (primary N) is 1. The van der Waals surface area contributed by atoms with Gasteiger partial charge in [-0.3, -0.25) is 4.98 Å². The lowest BCUT2D eigenvalue weighted by atomic mass is 10.2. The van der Waals surface area contributed by atoms with Crippen molar-refractivity contribution in [1.29, 1.82) is 0 Å². The Bertz CT molecular complexity index is 694. The van der Waals surface area contributed by atoms with Gasteiger partial charge in [-0.05, 0) is 12.1 Å². The van der Waals surface area contributed by atoms with Gasteiger partial charge in [-0.25, -0.2) is 4.98 Å². The number of ether oxygens (including phenoxy) is 1. The summed E-state index contributed by atoms with van der Waals surface area (Å²) in [6, 6.07) is 9.55. The van der Waals surface area contributed by atoms with E-state index >= 15 is 0 Å². The molecule has 0 aliphatic rings. The number of hydrogen-bond donors (Lipinski definition) is 1. The van der Waals surface area contributed by atoms with E-state index in [9.17, 15) is 0 Å². The molecule has 0 amide bonds. The highest BCUT2D eigenvalue weighted by Crippen LogP contribution is 2.29. The minimum Gasteiger partial charge on any atom is -0.435 e. The van der Waals surface area contributed by atoms with Gasteiger partial charge in [-0.15, -0.1) is 0 Å². The molecule has 0 radical (unpaired) electrons. The number of aromatic nitrogens is 3. The SMILES string of the molecule is Nc1cncnc1Oc1cccc2cccnc12. The predicted molar refractivity (Wildman–Crippen MR) is 68.3 cm³/mol. The van der Waals surface area contributed by atoms with Gasteiger partial charge in [0.1, 0.15) is 17.5 Å². The van der Waals surface area contributed by atoms with Crippen LogP contribution in [-0.4, -0.2) is 15.0 Å². The third-order valence-corrected chi connectivity index (χ3v) is 2.50. The number of benzene rings is 1. The van der Waals surface area contributed by atoms with Crippen LogP contribution in [0.4, 0.5) is 5.69 Å². The Labute approximate surface area is 103 Å². The van der Waals surface area contributed by atoms with E-state index in [1.807, 2.05) is 30.3 Å². The Kier molecular flexibility index (Phi) is 2.49. The van der Waals surface area contributed by atoms with Crippen molar-refractivity contribution in [3.8, 4) is 11.6 Å². The topological polar surface area (TPSA) is 73.9 Å². The van der Waals surface area contributed by atoms with E-state index in [4.69, 9.17) is 10.5 Å². The van der Waals surface area contributed by atoms with Crippen molar-refractivity contribution in [2.45, 2.75) is 0 Å². The number of pyridine rings is 1. The van der Waals surface area contributed by atoms with Gasteiger partial charge in [0, 0.05) is 11.6 Å². The number of anilines is 1. The van der Waals surface area contributed by atoms with Gasteiger partial charge < -0.3 is 10.5 Å². The van der Waals surface area contributed by atoms with Gasteiger partial charge in [0.15, 0.2) is 5.75 Å². The van der Waals surface area contributed by atoms with Crippen molar-refractivity contribution in [3.05, 3.63) is 49.1 Å². The highest BCUT2D eigenvalue weighted by molar-refractivity contribution is 5.84. The van der Waals surface area contributed by atoms with E-state index in [1.165, 1.54) is 12.5 Å². The molecule has 2 heterocycles. The highest BCUT2D eigenvalue weighted by Gasteiger charge is 2.07. The lowest BCUT2D eigenvalue weighted by molar-refractivity contribution is 0.468. The Morgan fingerprint density at radius 3 is 2.83 bits per heavy atom. The summed E-state index contributed by atoms with van der Waals surface area (Å²) in [6.45, 7) is 0. The largest absolute Gasteiger partial charge is 0.435 e. The van der Waals surface area contributed by atoms with Gasteiger partial charge in [-0.1, -0.05) is 18.2 Å². The first kappa shape index (κ1) is 10.5. The molecule has 1 aromatic carbocycles. The first-order chi connectivity index (χ1) is 8.84. The average molecular weight is 238 g/mol. The van der Waals surface area contributed by atoms with Crippen molar-refractivity contribution in [1.82, 2.24) is 15.0 Å². The van der Waals surface area contributed by atoms with Crippen LogP contribution in [0.3, 0.4) is 0 Å². The zero-order valence-electron chi connectivity index (χ0n) is 9.45. The van der Waals surface area contributed by atoms with E-state index in [-0.39, 0.29) is 0 Å². The van der Waals surface area contributed by atoms with Crippen LogP contribution in [-0.2, 0) is 0 Å². The van der Waals surface area contributed by atoms with Gasteiger partial charge in [0.2, 0.25) is 5.88 Å². The van der Waals surface area contributed by atoms with E-state index in [1.54, 1.807) is 6.20 Å². The summed E-state index contributed by atoms with van der Waals surface area (Å²) in [5.41, 5.74) is 6.91. The molecule has 2 aromatic heterocycles. The number of nitrogen functional groups attached to an aromatic ring is 1. The number of para-hydroxylation sites is 1. The van der Waals surface area contributed by atoms with Crippen molar-refractivity contribution in [3.63, 3.8) is 0 Å². The van der Waals surface area contributed by atoms with E-state index in [0.717, 1.165) is 10.9 Å². The molecular weight excluding hydrogens is 228 g/mol. The molecule has 0 unspecified atom stereocenters. The second kappa shape index (κ2) is 4.29. The smallest absolute Gasteiger partial charge is 0.245 e.